The van der Waals surface area contributed by atoms with E-state index in [1.807, 2.05) is 48.5 Å². The lowest BCUT2D eigenvalue weighted by molar-refractivity contribution is 0.488. The average molecular weight is 243 g/mol. The number of hydrazine groups is 1. The molecule has 0 aliphatic heterocycles. The molecule has 1 atom stereocenters. The highest BCUT2D eigenvalue weighted by Crippen LogP contribution is 2.04. The zero-order valence-electron chi connectivity index (χ0n) is 10.9. The van der Waals surface area contributed by atoms with Crippen LogP contribution in [0.4, 0.5) is 0 Å². The van der Waals surface area contributed by atoms with E-state index in [0.29, 0.717) is 0 Å². The van der Waals surface area contributed by atoms with Gasteiger partial charge in [-0.05, 0) is 19.5 Å². The summed E-state index contributed by atoms with van der Waals surface area (Å²) in [6.07, 6.45) is -0.138. The lowest BCUT2D eigenvalue weighted by atomic mass is 10.2. The van der Waals surface area contributed by atoms with Gasteiger partial charge in [-0.1, -0.05) is 66.2 Å². The summed E-state index contributed by atoms with van der Waals surface area (Å²) in [6.45, 7) is 2.08. The van der Waals surface area contributed by atoms with Crippen LogP contribution in [0.1, 0.15) is 17.3 Å². The van der Waals surface area contributed by atoms with E-state index in [1.165, 1.54) is 5.56 Å². The van der Waals surface area contributed by atoms with E-state index in [0.717, 1.165) is 5.56 Å². The number of hydrogen-bond acceptors (Lipinski definition) is 3. The SMILES string of the molecule is CNNC(N)c1ccccc1.Cc1ccccc1. The second kappa shape index (κ2) is 8.42. The van der Waals surface area contributed by atoms with Crippen molar-refractivity contribution in [3.63, 3.8) is 0 Å². The maximum absolute atomic E-state index is 5.73. The quantitative estimate of drug-likeness (QED) is 0.573. The fourth-order valence-corrected chi connectivity index (χ4v) is 1.43. The summed E-state index contributed by atoms with van der Waals surface area (Å²) in [5, 5.41) is 0. The molecule has 0 aliphatic rings. The number of nitrogens with two attached hydrogens (primary N) is 1. The first-order valence-electron chi connectivity index (χ1n) is 5.98. The standard InChI is InChI=1S/C8H13N3.C7H8/c1-10-11-8(9)7-5-3-2-4-6-7;1-7-5-3-2-4-6-7/h2-6,8,10-11H,9H2,1H3;2-6H,1H3. The molecule has 96 valence electrons. The normalized spacial score (nSPS) is 11.3. The van der Waals surface area contributed by atoms with Crippen molar-refractivity contribution in [2.75, 3.05) is 7.05 Å². The van der Waals surface area contributed by atoms with Crippen LogP contribution in [0.2, 0.25) is 0 Å². The molecule has 0 spiro atoms. The second-order valence-electron chi connectivity index (χ2n) is 3.94. The Bertz CT molecular complexity index is 414. The third-order valence-corrected chi connectivity index (χ3v) is 2.40. The van der Waals surface area contributed by atoms with E-state index in [9.17, 15) is 0 Å². The van der Waals surface area contributed by atoms with Crippen molar-refractivity contribution >= 4 is 0 Å². The summed E-state index contributed by atoms with van der Waals surface area (Å²) < 4.78 is 0. The summed E-state index contributed by atoms with van der Waals surface area (Å²) >= 11 is 0. The molecule has 0 saturated heterocycles. The highest BCUT2D eigenvalue weighted by Gasteiger charge is 2.00. The van der Waals surface area contributed by atoms with Crippen molar-refractivity contribution in [2.45, 2.75) is 13.1 Å². The number of rotatable bonds is 3. The molecule has 0 fully saturated rings. The van der Waals surface area contributed by atoms with Gasteiger partial charge in [0.15, 0.2) is 0 Å². The van der Waals surface area contributed by atoms with Gasteiger partial charge in [0.05, 0.1) is 6.17 Å². The zero-order chi connectivity index (χ0) is 13.2. The monoisotopic (exact) mass is 243 g/mol. The Morgan fingerprint density at radius 3 is 1.78 bits per heavy atom. The Balaban J connectivity index is 0.000000199. The molecule has 2 aromatic carbocycles. The Hall–Kier alpha value is -1.68. The Kier molecular flexibility index (Phi) is 6.72. The molecular weight excluding hydrogens is 222 g/mol. The van der Waals surface area contributed by atoms with E-state index in [2.05, 4.69) is 29.9 Å². The minimum Gasteiger partial charge on any atom is -0.311 e. The fourth-order valence-electron chi connectivity index (χ4n) is 1.43. The van der Waals surface area contributed by atoms with E-state index in [4.69, 9.17) is 5.73 Å². The van der Waals surface area contributed by atoms with Gasteiger partial charge >= 0.3 is 0 Å². The van der Waals surface area contributed by atoms with Crippen molar-refractivity contribution in [3.05, 3.63) is 71.8 Å². The predicted octanol–water partition coefficient (Wildman–Crippen LogP) is 2.36. The van der Waals surface area contributed by atoms with Gasteiger partial charge in [0.1, 0.15) is 0 Å². The summed E-state index contributed by atoms with van der Waals surface area (Å²) in [6, 6.07) is 20.1. The van der Waals surface area contributed by atoms with Crippen LogP contribution in [0.15, 0.2) is 60.7 Å². The molecule has 0 aromatic heterocycles. The molecule has 3 heteroatoms. The molecule has 0 amide bonds. The smallest absolute Gasteiger partial charge is 0.0938 e. The molecule has 2 rings (SSSR count). The summed E-state index contributed by atoms with van der Waals surface area (Å²) in [4.78, 5) is 0. The molecule has 0 aliphatic carbocycles. The molecule has 4 N–H and O–H groups in total. The average Bonchev–Trinajstić information content (AvgIpc) is 2.42. The molecule has 0 saturated carbocycles. The summed E-state index contributed by atoms with van der Waals surface area (Å²) in [5.74, 6) is 0. The third-order valence-electron chi connectivity index (χ3n) is 2.40. The minimum atomic E-state index is -0.138. The van der Waals surface area contributed by atoms with E-state index >= 15 is 0 Å². The predicted molar refractivity (Wildman–Crippen MR) is 76.7 cm³/mol. The Labute approximate surface area is 109 Å². The molecule has 0 bridgehead atoms. The van der Waals surface area contributed by atoms with Gasteiger partial charge in [-0.3, -0.25) is 5.43 Å². The van der Waals surface area contributed by atoms with Crippen LogP contribution in [0.5, 0.6) is 0 Å². The second-order valence-corrected chi connectivity index (χ2v) is 3.94. The van der Waals surface area contributed by atoms with E-state index in [-0.39, 0.29) is 6.17 Å². The molecule has 0 heterocycles. The lowest BCUT2D eigenvalue weighted by Crippen LogP contribution is -2.37. The Morgan fingerprint density at radius 2 is 1.39 bits per heavy atom. The van der Waals surface area contributed by atoms with E-state index < -0.39 is 0 Å². The van der Waals surface area contributed by atoms with Crippen molar-refractivity contribution < 1.29 is 0 Å². The molecule has 1 unspecified atom stereocenters. The van der Waals surface area contributed by atoms with Gasteiger partial charge in [-0.25, -0.2) is 5.43 Å². The van der Waals surface area contributed by atoms with Crippen LogP contribution in [0.25, 0.3) is 0 Å². The van der Waals surface area contributed by atoms with Gasteiger partial charge in [-0.15, -0.1) is 0 Å². The van der Waals surface area contributed by atoms with Gasteiger partial charge in [0.25, 0.3) is 0 Å². The van der Waals surface area contributed by atoms with Crippen LogP contribution in [0, 0.1) is 6.92 Å². The number of nitrogens with one attached hydrogen (secondary N) is 2. The van der Waals surface area contributed by atoms with Crippen LogP contribution in [-0.4, -0.2) is 7.05 Å². The maximum atomic E-state index is 5.73. The van der Waals surface area contributed by atoms with Gasteiger partial charge in [0.2, 0.25) is 0 Å². The van der Waals surface area contributed by atoms with Crippen molar-refractivity contribution in [1.82, 2.24) is 10.9 Å². The molecule has 0 radical (unpaired) electrons. The number of hydrogen-bond donors (Lipinski definition) is 3. The first-order valence-corrected chi connectivity index (χ1v) is 5.98. The maximum Gasteiger partial charge on any atom is 0.0938 e. The van der Waals surface area contributed by atoms with Crippen molar-refractivity contribution in [2.24, 2.45) is 5.73 Å². The number of aryl methyl sites for hydroxylation is 1. The first-order chi connectivity index (χ1) is 8.74. The van der Waals surface area contributed by atoms with Crippen LogP contribution < -0.4 is 16.6 Å². The topological polar surface area (TPSA) is 50.1 Å². The molecule has 18 heavy (non-hydrogen) atoms. The molecule has 3 nitrogen and oxygen atoms in total. The van der Waals surface area contributed by atoms with Crippen molar-refractivity contribution in [1.29, 1.82) is 0 Å². The van der Waals surface area contributed by atoms with Crippen molar-refractivity contribution in [3.8, 4) is 0 Å². The summed E-state index contributed by atoms with van der Waals surface area (Å²) in [5.41, 5.74) is 13.8. The summed E-state index contributed by atoms with van der Waals surface area (Å²) in [7, 11) is 1.79. The lowest BCUT2D eigenvalue weighted by Gasteiger charge is -2.12. The van der Waals surface area contributed by atoms with Gasteiger partial charge < -0.3 is 5.73 Å². The highest BCUT2D eigenvalue weighted by molar-refractivity contribution is 5.17. The third kappa shape index (κ3) is 5.59. The van der Waals surface area contributed by atoms with Crippen LogP contribution in [0.3, 0.4) is 0 Å². The Morgan fingerprint density at radius 1 is 0.889 bits per heavy atom. The molecular formula is C15H21N3. The molecule has 2 aromatic rings. The van der Waals surface area contributed by atoms with Crippen LogP contribution >= 0.6 is 0 Å². The largest absolute Gasteiger partial charge is 0.311 e. The van der Waals surface area contributed by atoms with Gasteiger partial charge in [-0.2, -0.15) is 0 Å². The van der Waals surface area contributed by atoms with Gasteiger partial charge in [0, 0.05) is 0 Å². The fraction of sp³-hybridized carbons (Fsp3) is 0.200. The minimum absolute atomic E-state index is 0.138. The first kappa shape index (κ1) is 14.4. The number of benzene rings is 2. The zero-order valence-corrected chi connectivity index (χ0v) is 10.9. The van der Waals surface area contributed by atoms with Crippen LogP contribution in [-0.2, 0) is 0 Å². The highest BCUT2D eigenvalue weighted by atomic mass is 15.4. The van der Waals surface area contributed by atoms with E-state index in [1.54, 1.807) is 7.05 Å².